The second-order valence-electron chi connectivity index (χ2n) is 5.62. The van der Waals surface area contributed by atoms with Crippen LogP contribution in [-0.2, 0) is 0 Å². The minimum absolute atomic E-state index is 0.171. The molecule has 0 aliphatic rings. The highest BCUT2D eigenvalue weighted by Gasteiger charge is 2.11. The highest BCUT2D eigenvalue weighted by Crippen LogP contribution is 2.25. The van der Waals surface area contributed by atoms with Crippen molar-refractivity contribution in [2.45, 2.75) is 40.2 Å². The van der Waals surface area contributed by atoms with Crippen molar-refractivity contribution in [3.05, 3.63) is 26.4 Å². The smallest absolute Gasteiger partial charge is 0.0704 e. The van der Waals surface area contributed by atoms with E-state index in [1.165, 1.54) is 14.2 Å². The molecule has 0 radical (unpaired) electrons. The quantitative estimate of drug-likeness (QED) is 0.830. The molecule has 0 aliphatic heterocycles. The van der Waals surface area contributed by atoms with E-state index < -0.39 is 0 Å². The summed E-state index contributed by atoms with van der Waals surface area (Å²) >= 11 is 5.28. The van der Waals surface area contributed by atoms with Gasteiger partial charge in [0.1, 0.15) is 0 Å². The van der Waals surface area contributed by atoms with Crippen LogP contribution in [0, 0.1) is 5.92 Å². The number of nitrogens with one attached hydrogen (secondary N) is 1. The van der Waals surface area contributed by atoms with Gasteiger partial charge in [0.2, 0.25) is 0 Å². The Kier molecular flexibility index (Phi) is 5.42. The Labute approximate surface area is 117 Å². The Hall–Kier alpha value is -0.120. The molecule has 1 nitrogen and oxygen atoms in total. The number of halogens is 1. The van der Waals surface area contributed by atoms with Gasteiger partial charge in [-0.25, -0.2) is 0 Å². The average Bonchev–Trinajstić information content (AvgIpc) is 2.56. The molecule has 0 saturated carbocycles. The van der Waals surface area contributed by atoms with Crippen molar-refractivity contribution in [2.75, 3.05) is 6.54 Å². The zero-order valence-electron chi connectivity index (χ0n) is 11.3. The summed E-state index contributed by atoms with van der Waals surface area (Å²) in [6.45, 7) is 12.1. The van der Waals surface area contributed by atoms with E-state index in [-0.39, 0.29) is 5.54 Å². The number of hydrogen-bond donors (Lipinski definition) is 1. The van der Waals surface area contributed by atoms with Crippen LogP contribution in [0.25, 0.3) is 6.08 Å². The molecule has 17 heavy (non-hydrogen) atoms. The lowest BCUT2D eigenvalue weighted by Gasteiger charge is -2.23. The van der Waals surface area contributed by atoms with E-state index in [1.807, 2.05) is 0 Å². The predicted molar refractivity (Wildman–Crippen MR) is 82.6 cm³/mol. The fourth-order valence-corrected chi connectivity index (χ4v) is 2.78. The molecule has 96 valence electrons. The van der Waals surface area contributed by atoms with Crippen molar-refractivity contribution in [2.24, 2.45) is 5.92 Å². The normalized spacial score (nSPS) is 13.5. The van der Waals surface area contributed by atoms with Gasteiger partial charge in [-0.05, 0) is 60.8 Å². The fraction of sp³-hybridized carbons (Fsp3) is 0.571. The van der Waals surface area contributed by atoms with Gasteiger partial charge in [0.15, 0.2) is 0 Å². The summed E-state index contributed by atoms with van der Waals surface area (Å²) in [6, 6.07) is 4.26. The first kappa shape index (κ1) is 14.9. The molecule has 1 aromatic rings. The minimum atomic E-state index is 0.171. The standard InChI is InChI=1S/C14H22BrNS/c1-10(2)11(9-16-14(3,4)5)8-12-6-7-13(15)17-12/h6-8,10,16H,9H2,1-5H3. The van der Waals surface area contributed by atoms with E-state index in [0.29, 0.717) is 5.92 Å². The molecule has 3 heteroatoms. The Morgan fingerprint density at radius 2 is 2.06 bits per heavy atom. The number of hydrogen-bond acceptors (Lipinski definition) is 2. The highest BCUT2D eigenvalue weighted by molar-refractivity contribution is 9.11. The van der Waals surface area contributed by atoms with E-state index in [4.69, 9.17) is 0 Å². The van der Waals surface area contributed by atoms with Crippen molar-refractivity contribution in [1.29, 1.82) is 0 Å². The molecule has 1 N–H and O–H groups in total. The minimum Gasteiger partial charge on any atom is -0.308 e. The first-order chi connectivity index (χ1) is 7.78. The monoisotopic (exact) mass is 315 g/mol. The number of rotatable bonds is 4. The Bertz CT molecular complexity index is 385. The van der Waals surface area contributed by atoms with E-state index in [0.717, 1.165) is 6.54 Å². The molecule has 0 bridgehead atoms. The first-order valence-electron chi connectivity index (χ1n) is 5.99. The molecule has 0 amide bonds. The highest BCUT2D eigenvalue weighted by atomic mass is 79.9. The van der Waals surface area contributed by atoms with Gasteiger partial charge in [0, 0.05) is 17.0 Å². The van der Waals surface area contributed by atoms with E-state index in [1.54, 1.807) is 11.3 Å². The molecule has 0 unspecified atom stereocenters. The molecule has 1 heterocycles. The summed E-state index contributed by atoms with van der Waals surface area (Å²) in [7, 11) is 0. The first-order valence-corrected chi connectivity index (χ1v) is 7.60. The van der Waals surface area contributed by atoms with Gasteiger partial charge in [0.25, 0.3) is 0 Å². The van der Waals surface area contributed by atoms with Gasteiger partial charge in [-0.2, -0.15) is 0 Å². The van der Waals surface area contributed by atoms with Crippen LogP contribution in [0.1, 0.15) is 39.5 Å². The molecule has 0 fully saturated rings. The summed E-state index contributed by atoms with van der Waals surface area (Å²) < 4.78 is 1.19. The van der Waals surface area contributed by atoms with E-state index in [9.17, 15) is 0 Å². The SMILES string of the molecule is CC(C)C(=Cc1ccc(Br)s1)CNC(C)(C)C. The third kappa shape index (κ3) is 5.84. The van der Waals surface area contributed by atoms with Crippen molar-refractivity contribution >= 4 is 33.3 Å². The number of thiophene rings is 1. The maximum atomic E-state index is 3.55. The van der Waals surface area contributed by atoms with Crippen molar-refractivity contribution in [1.82, 2.24) is 5.32 Å². The third-order valence-electron chi connectivity index (χ3n) is 2.49. The Morgan fingerprint density at radius 1 is 1.41 bits per heavy atom. The lowest BCUT2D eigenvalue weighted by molar-refractivity contribution is 0.437. The molecule has 0 saturated heterocycles. The van der Waals surface area contributed by atoms with Crippen LogP contribution >= 0.6 is 27.3 Å². The molecule has 0 spiro atoms. The van der Waals surface area contributed by atoms with Crippen LogP contribution in [0.3, 0.4) is 0 Å². The molecular formula is C14H22BrNS. The maximum absolute atomic E-state index is 3.55. The summed E-state index contributed by atoms with van der Waals surface area (Å²) in [5, 5.41) is 3.55. The predicted octanol–water partition coefficient (Wildman–Crippen LogP) is 4.94. The second kappa shape index (κ2) is 6.17. The fourth-order valence-electron chi connectivity index (χ4n) is 1.38. The second-order valence-corrected chi connectivity index (χ2v) is 8.11. The van der Waals surface area contributed by atoms with Crippen molar-refractivity contribution in [3.63, 3.8) is 0 Å². The molecule has 1 aromatic heterocycles. The summed E-state index contributed by atoms with van der Waals surface area (Å²) in [5.41, 5.74) is 1.62. The molecule has 1 rings (SSSR count). The van der Waals surface area contributed by atoms with Gasteiger partial charge in [0.05, 0.1) is 3.79 Å². The molecule has 0 atom stereocenters. The third-order valence-corrected chi connectivity index (χ3v) is 4.06. The van der Waals surface area contributed by atoms with Crippen molar-refractivity contribution in [3.8, 4) is 0 Å². The Morgan fingerprint density at radius 3 is 2.47 bits per heavy atom. The van der Waals surface area contributed by atoms with Gasteiger partial charge >= 0.3 is 0 Å². The van der Waals surface area contributed by atoms with Crippen molar-refractivity contribution < 1.29 is 0 Å². The average molecular weight is 316 g/mol. The van der Waals surface area contributed by atoms with Gasteiger partial charge in [-0.3, -0.25) is 0 Å². The van der Waals surface area contributed by atoms with Crippen LogP contribution in [0.4, 0.5) is 0 Å². The maximum Gasteiger partial charge on any atom is 0.0704 e. The summed E-state index contributed by atoms with van der Waals surface area (Å²) in [5.74, 6) is 0.575. The lowest BCUT2D eigenvalue weighted by atomic mass is 10.0. The van der Waals surface area contributed by atoms with Gasteiger partial charge in [-0.15, -0.1) is 11.3 Å². The van der Waals surface area contributed by atoms with Crippen LogP contribution in [0.2, 0.25) is 0 Å². The van der Waals surface area contributed by atoms with Crippen LogP contribution < -0.4 is 5.32 Å². The van der Waals surface area contributed by atoms with Crippen LogP contribution in [-0.4, -0.2) is 12.1 Å². The molecule has 0 aliphatic carbocycles. The molecular weight excluding hydrogens is 294 g/mol. The molecule has 0 aromatic carbocycles. The van der Waals surface area contributed by atoms with Crippen LogP contribution in [0.5, 0.6) is 0 Å². The van der Waals surface area contributed by atoms with Gasteiger partial charge < -0.3 is 5.32 Å². The van der Waals surface area contributed by atoms with E-state index in [2.05, 4.69) is 74.1 Å². The lowest BCUT2D eigenvalue weighted by Crippen LogP contribution is -2.37. The van der Waals surface area contributed by atoms with Gasteiger partial charge in [-0.1, -0.05) is 19.4 Å². The van der Waals surface area contributed by atoms with E-state index >= 15 is 0 Å². The van der Waals surface area contributed by atoms with Crippen LogP contribution in [0.15, 0.2) is 21.5 Å². The zero-order chi connectivity index (χ0) is 13.1. The summed E-state index contributed by atoms with van der Waals surface area (Å²) in [4.78, 5) is 1.32. The zero-order valence-corrected chi connectivity index (χ0v) is 13.7. The topological polar surface area (TPSA) is 12.0 Å². The Balaban J connectivity index is 2.76. The summed E-state index contributed by atoms with van der Waals surface area (Å²) in [6.07, 6.45) is 2.30. The largest absolute Gasteiger partial charge is 0.308 e.